The number of aryl methyl sites for hydroxylation is 2. The minimum atomic E-state index is -3.51. The molecule has 28 heavy (non-hydrogen) atoms. The molecule has 0 saturated carbocycles. The van der Waals surface area contributed by atoms with Gasteiger partial charge in [0.25, 0.3) is 0 Å². The molecule has 1 fully saturated rings. The molecule has 2 aromatic rings. The number of fused-ring (bicyclic) bond motifs is 1. The monoisotopic (exact) mass is 408 g/mol. The topological polar surface area (TPSA) is 84.7 Å². The molecule has 3 rings (SSSR count). The highest BCUT2D eigenvalue weighted by Crippen LogP contribution is 2.22. The van der Waals surface area contributed by atoms with Crippen LogP contribution in [0.4, 0.5) is 0 Å². The molecular weight excluding hydrogens is 380 g/mol. The van der Waals surface area contributed by atoms with Crippen LogP contribution in [0.2, 0.25) is 0 Å². The fourth-order valence-corrected chi connectivity index (χ4v) is 4.35. The number of imidazole rings is 1. The van der Waals surface area contributed by atoms with Crippen LogP contribution in [0.1, 0.15) is 25.1 Å². The number of aromatic nitrogens is 2. The number of amides is 1. The van der Waals surface area contributed by atoms with E-state index in [0.717, 1.165) is 30.8 Å². The first-order chi connectivity index (χ1) is 13.2. The third-order valence-electron chi connectivity index (χ3n) is 5.21. The summed E-state index contributed by atoms with van der Waals surface area (Å²) in [5.41, 5.74) is 1.45. The van der Waals surface area contributed by atoms with Gasteiger partial charge in [-0.1, -0.05) is 0 Å². The van der Waals surface area contributed by atoms with Crippen LogP contribution < -0.4 is 0 Å². The summed E-state index contributed by atoms with van der Waals surface area (Å²) in [6.07, 6.45) is 3.04. The van der Waals surface area contributed by atoms with Crippen molar-refractivity contribution in [1.82, 2.24) is 18.8 Å². The van der Waals surface area contributed by atoms with Crippen molar-refractivity contribution in [1.29, 1.82) is 0 Å². The first-order valence-corrected chi connectivity index (χ1v) is 10.9. The van der Waals surface area contributed by atoms with Crippen LogP contribution >= 0.6 is 0 Å². The van der Waals surface area contributed by atoms with Crippen molar-refractivity contribution in [2.75, 3.05) is 34.3 Å². The summed E-state index contributed by atoms with van der Waals surface area (Å²) in [5, 5.41) is 0. The van der Waals surface area contributed by atoms with Gasteiger partial charge in [0.15, 0.2) is 0 Å². The standard InChI is InChI=1S/C19H28N4O4S/c1-21(2)28(25,26)15-7-8-17-16(12-15)20-18(23(17)4)9-10-19(24)22(3)13-14-6-5-11-27-14/h7-8,12,14H,5-6,9-11,13H2,1-4H3. The van der Waals surface area contributed by atoms with Crippen molar-refractivity contribution in [3.8, 4) is 0 Å². The lowest BCUT2D eigenvalue weighted by atomic mass is 10.2. The Bertz CT molecular complexity index is 962. The SMILES string of the molecule is CN(CC1CCCO1)C(=O)CCc1nc2cc(S(=O)(=O)N(C)C)ccc2n1C. The molecule has 0 aliphatic carbocycles. The predicted octanol–water partition coefficient (Wildman–Crippen LogP) is 1.39. The van der Waals surface area contributed by atoms with E-state index in [2.05, 4.69) is 4.98 Å². The number of ether oxygens (including phenoxy) is 1. The Morgan fingerprint density at radius 3 is 2.71 bits per heavy atom. The number of hydrogen-bond donors (Lipinski definition) is 0. The van der Waals surface area contributed by atoms with Gasteiger partial charge >= 0.3 is 0 Å². The minimum Gasteiger partial charge on any atom is -0.376 e. The molecule has 9 heteroatoms. The second-order valence-corrected chi connectivity index (χ2v) is 9.59. The van der Waals surface area contributed by atoms with E-state index in [9.17, 15) is 13.2 Å². The van der Waals surface area contributed by atoms with Crippen molar-refractivity contribution < 1.29 is 17.9 Å². The number of carbonyl (C=O) groups excluding carboxylic acids is 1. The number of carbonyl (C=O) groups is 1. The van der Waals surface area contributed by atoms with E-state index >= 15 is 0 Å². The van der Waals surface area contributed by atoms with Crippen LogP contribution in [0.25, 0.3) is 11.0 Å². The summed E-state index contributed by atoms with van der Waals surface area (Å²) < 4.78 is 33.3. The summed E-state index contributed by atoms with van der Waals surface area (Å²) in [5.74, 6) is 0.812. The summed E-state index contributed by atoms with van der Waals surface area (Å²) >= 11 is 0. The van der Waals surface area contributed by atoms with E-state index in [-0.39, 0.29) is 16.9 Å². The largest absolute Gasteiger partial charge is 0.376 e. The average molecular weight is 409 g/mol. The van der Waals surface area contributed by atoms with Gasteiger partial charge < -0.3 is 14.2 Å². The van der Waals surface area contributed by atoms with Gasteiger partial charge in [-0.25, -0.2) is 17.7 Å². The van der Waals surface area contributed by atoms with Gasteiger partial charge in [0, 0.05) is 54.2 Å². The molecule has 0 radical (unpaired) electrons. The molecule has 1 unspecified atom stereocenters. The van der Waals surface area contributed by atoms with E-state index in [1.165, 1.54) is 18.4 Å². The van der Waals surface area contributed by atoms with Gasteiger partial charge in [-0.05, 0) is 31.0 Å². The minimum absolute atomic E-state index is 0.0541. The first-order valence-electron chi connectivity index (χ1n) is 9.43. The lowest BCUT2D eigenvalue weighted by Gasteiger charge is -2.20. The Kier molecular flexibility index (Phi) is 6.07. The first kappa shape index (κ1) is 20.8. The van der Waals surface area contributed by atoms with E-state index in [4.69, 9.17) is 4.74 Å². The van der Waals surface area contributed by atoms with Gasteiger partial charge in [-0.2, -0.15) is 0 Å². The lowest BCUT2D eigenvalue weighted by molar-refractivity contribution is -0.131. The molecule has 8 nitrogen and oxygen atoms in total. The smallest absolute Gasteiger partial charge is 0.242 e. The summed E-state index contributed by atoms with van der Waals surface area (Å²) in [6, 6.07) is 4.93. The van der Waals surface area contributed by atoms with Gasteiger partial charge in [-0.3, -0.25) is 4.79 Å². The molecule has 1 saturated heterocycles. The molecule has 1 aliphatic rings. The summed E-state index contributed by atoms with van der Waals surface area (Å²) in [4.78, 5) is 18.9. The number of hydrogen-bond acceptors (Lipinski definition) is 5. The fraction of sp³-hybridized carbons (Fsp3) is 0.579. The second-order valence-electron chi connectivity index (χ2n) is 7.43. The second kappa shape index (κ2) is 8.18. The number of nitrogens with zero attached hydrogens (tertiary/aromatic N) is 4. The zero-order chi connectivity index (χ0) is 20.5. The maximum atomic E-state index is 12.4. The molecular formula is C19H28N4O4S. The quantitative estimate of drug-likeness (QED) is 0.691. The zero-order valence-electron chi connectivity index (χ0n) is 16.9. The lowest BCUT2D eigenvalue weighted by Crippen LogP contribution is -2.34. The van der Waals surface area contributed by atoms with Gasteiger partial charge in [0.1, 0.15) is 5.82 Å². The van der Waals surface area contributed by atoms with Crippen LogP contribution in [0.5, 0.6) is 0 Å². The molecule has 2 heterocycles. The third-order valence-corrected chi connectivity index (χ3v) is 7.02. The molecule has 0 spiro atoms. The fourth-order valence-electron chi connectivity index (χ4n) is 3.43. The Hall–Kier alpha value is -1.97. The number of sulfonamides is 1. The zero-order valence-corrected chi connectivity index (χ0v) is 17.7. The molecule has 0 bridgehead atoms. The summed E-state index contributed by atoms with van der Waals surface area (Å²) in [6.45, 7) is 1.39. The van der Waals surface area contributed by atoms with Crippen molar-refractivity contribution in [3.63, 3.8) is 0 Å². The van der Waals surface area contributed by atoms with Gasteiger partial charge in [0.05, 0.1) is 22.0 Å². The molecule has 154 valence electrons. The Labute approximate surface area is 166 Å². The maximum Gasteiger partial charge on any atom is 0.242 e. The molecule has 0 N–H and O–H groups in total. The van der Waals surface area contributed by atoms with Crippen molar-refractivity contribution in [2.45, 2.75) is 36.7 Å². The van der Waals surface area contributed by atoms with Crippen LogP contribution in [0.3, 0.4) is 0 Å². The van der Waals surface area contributed by atoms with E-state index in [1.807, 2.05) is 11.6 Å². The Morgan fingerprint density at radius 1 is 1.32 bits per heavy atom. The highest BCUT2D eigenvalue weighted by Gasteiger charge is 2.21. The third kappa shape index (κ3) is 4.21. The van der Waals surface area contributed by atoms with Crippen LogP contribution in [-0.2, 0) is 33.0 Å². The number of rotatable bonds is 7. The molecule has 1 aliphatic heterocycles. The predicted molar refractivity (Wildman–Crippen MR) is 107 cm³/mol. The van der Waals surface area contributed by atoms with Crippen LogP contribution in [-0.4, -0.2) is 73.5 Å². The molecule has 1 aromatic carbocycles. The Balaban J connectivity index is 1.71. The number of benzene rings is 1. The highest BCUT2D eigenvalue weighted by atomic mass is 32.2. The van der Waals surface area contributed by atoms with Crippen molar-refractivity contribution in [3.05, 3.63) is 24.0 Å². The Morgan fingerprint density at radius 2 is 2.07 bits per heavy atom. The van der Waals surface area contributed by atoms with Crippen LogP contribution in [0, 0.1) is 0 Å². The van der Waals surface area contributed by atoms with E-state index in [1.54, 1.807) is 30.1 Å². The highest BCUT2D eigenvalue weighted by molar-refractivity contribution is 7.89. The van der Waals surface area contributed by atoms with Crippen LogP contribution in [0.15, 0.2) is 23.1 Å². The van der Waals surface area contributed by atoms with Gasteiger partial charge in [-0.15, -0.1) is 0 Å². The normalized spacial score (nSPS) is 17.5. The van der Waals surface area contributed by atoms with E-state index in [0.29, 0.717) is 24.9 Å². The number of likely N-dealkylation sites (N-methyl/N-ethyl adjacent to an activating group) is 1. The average Bonchev–Trinajstić information content (AvgIpc) is 3.27. The molecule has 1 atom stereocenters. The molecule has 1 aromatic heterocycles. The van der Waals surface area contributed by atoms with Gasteiger partial charge in [0.2, 0.25) is 15.9 Å². The van der Waals surface area contributed by atoms with E-state index < -0.39 is 10.0 Å². The van der Waals surface area contributed by atoms with Crippen molar-refractivity contribution >= 4 is 27.0 Å². The van der Waals surface area contributed by atoms with Crippen molar-refractivity contribution in [2.24, 2.45) is 7.05 Å². The maximum absolute atomic E-state index is 12.4. The summed E-state index contributed by atoms with van der Waals surface area (Å²) in [7, 11) is 3.18. The molecule has 1 amide bonds.